The van der Waals surface area contributed by atoms with Crippen molar-refractivity contribution in [1.82, 2.24) is 10.0 Å². The van der Waals surface area contributed by atoms with Gasteiger partial charge in [-0.2, -0.15) is 0 Å². The number of ether oxygens (including phenoxy) is 1. The number of methoxy groups -OCH3 is 1. The molecular formula is C20H21FN2O4S2. The zero-order chi connectivity index (χ0) is 20.6. The van der Waals surface area contributed by atoms with E-state index in [1.165, 1.54) is 43.1 Å². The van der Waals surface area contributed by atoms with Crippen LogP contribution in [0.15, 0.2) is 46.2 Å². The molecule has 0 unspecified atom stereocenters. The molecule has 0 saturated heterocycles. The largest absolute Gasteiger partial charge is 0.495 e. The second-order valence-electron chi connectivity index (χ2n) is 7.08. The number of sulfonamides is 1. The summed E-state index contributed by atoms with van der Waals surface area (Å²) < 4.78 is 47.2. The van der Waals surface area contributed by atoms with Gasteiger partial charge < -0.3 is 10.1 Å². The fourth-order valence-electron chi connectivity index (χ4n) is 3.29. The Morgan fingerprint density at radius 1 is 1.21 bits per heavy atom. The van der Waals surface area contributed by atoms with Crippen LogP contribution in [-0.4, -0.2) is 33.2 Å². The van der Waals surface area contributed by atoms with Crippen molar-refractivity contribution in [2.75, 3.05) is 12.9 Å². The number of carbonyl (C=O) groups is 1. The lowest BCUT2D eigenvalue weighted by atomic mass is 10.0. The molecule has 1 aliphatic carbocycles. The van der Waals surface area contributed by atoms with E-state index >= 15 is 0 Å². The first-order valence-corrected chi connectivity index (χ1v) is 11.8. The molecule has 4 rings (SSSR count). The molecule has 1 heterocycles. The molecule has 2 aliphatic rings. The summed E-state index contributed by atoms with van der Waals surface area (Å²) in [7, 11) is -2.41. The first-order chi connectivity index (χ1) is 13.9. The molecule has 9 heteroatoms. The molecule has 6 nitrogen and oxygen atoms in total. The van der Waals surface area contributed by atoms with Crippen molar-refractivity contribution in [3.63, 3.8) is 0 Å². The molecule has 2 aromatic rings. The van der Waals surface area contributed by atoms with Gasteiger partial charge in [0.05, 0.1) is 13.2 Å². The molecule has 29 heavy (non-hydrogen) atoms. The summed E-state index contributed by atoms with van der Waals surface area (Å²) in [5.74, 6) is 0.154. The standard InChI is InChI=1S/C20H21FN2O4S2/c1-27-17-8-5-12(11-18(17)29(25,26)23-13-6-7-13)20(24)22-16-9-10-28-19-14(16)3-2-4-15(19)21/h2-5,8,11,13,16,23H,6-7,9-10H2,1H3,(H,22,24)/t16-/m0/s1. The number of benzene rings is 2. The molecule has 2 aromatic carbocycles. The minimum Gasteiger partial charge on any atom is -0.495 e. The Bertz CT molecular complexity index is 1050. The Balaban J connectivity index is 1.60. The van der Waals surface area contributed by atoms with Crippen molar-refractivity contribution in [3.8, 4) is 5.75 Å². The average molecular weight is 437 g/mol. The number of halogens is 1. The van der Waals surface area contributed by atoms with E-state index < -0.39 is 15.9 Å². The highest BCUT2D eigenvalue weighted by atomic mass is 32.2. The number of rotatable bonds is 6. The molecular weight excluding hydrogens is 415 g/mol. The molecule has 0 spiro atoms. The molecule has 1 aliphatic heterocycles. The van der Waals surface area contributed by atoms with Crippen molar-refractivity contribution in [2.24, 2.45) is 0 Å². The van der Waals surface area contributed by atoms with Gasteiger partial charge in [0.1, 0.15) is 16.5 Å². The Kier molecular flexibility index (Phi) is 5.54. The number of carbonyl (C=O) groups excluding carboxylic acids is 1. The van der Waals surface area contributed by atoms with Gasteiger partial charge in [-0.05, 0) is 49.1 Å². The maximum absolute atomic E-state index is 14.1. The number of hydrogen-bond donors (Lipinski definition) is 2. The second-order valence-corrected chi connectivity index (χ2v) is 9.87. The zero-order valence-electron chi connectivity index (χ0n) is 15.8. The maximum atomic E-state index is 14.1. The molecule has 0 radical (unpaired) electrons. The van der Waals surface area contributed by atoms with Gasteiger partial charge in [-0.3, -0.25) is 4.79 Å². The van der Waals surface area contributed by atoms with E-state index in [0.29, 0.717) is 17.1 Å². The molecule has 1 saturated carbocycles. The summed E-state index contributed by atoms with van der Waals surface area (Å²) in [4.78, 5) is 13.3. The van der Waals surface area contributed by atoms with Crippen LogP contribution >= 0.6 is 11.8 Å². The van der Waals surface area contributed by atoms with E-state index in [-0.39, 0.29) is 34.1 Å². The monoisotopic (exact) mass is 436 g/mol. The molecule has 1 amide bonds. The van der Waals surface area contributed by atoms with Crippen LogP contribution < -0.4 is 14.8 Å². The Morgan fingerprint density at radius 2 is 2.00 bits per heavy atom. The average Bonchev–Trinajstić information content (AvgIpc) is 3.51. The smallest absolute Gasteiger partial charge is 0.251 e. The van der Waals surface area contributed by atoms with Crippen LogP contribution in [0.1, 0.15) is 41.2 Å². The van der Waals surface area contributed by atoms with Gasteiger partial charge in [0.25, 0.3) is 5.91 Å². The predicted molar refractivity (Wildman–Crippen MR) is 108 cm³/mol. The SMILES string of the molecule is COc1ccc(C(=O)N[C@H]2CCSc3c(F)cccc32)cc1S(=O)(=O)NC1CC1. The fourth-order valence-corrected chi connectivity index (χ4v) is 5.93. The van der Waals surface area contributed by atoms with Crippen molar-refractivity contribution in [1.29, 1.82) is 0 Å². The summed E-state index contributed by atoms with van der Waals surface area (Å²) in [6.45, 7) is 0. The van der Waals surface area contributed by atoms with Crippen LogP contribution in [-0.2, 0) is 10.0 Å². The van der Waals surface area contributed by atoms with Gasteiger partial charge in [0.15, 0.2) is 0 Å². The third kappa shape index (κ3) is 4.26. The van der Waals surface area contributed by atoms with Crippen LogP contribution in [0.25, 0.3) is 0 Å². The maximum Gasteiger partial charge on any atom is 0.251 e. The summed E-state index contributed by atoms with van der Waals surface area (Å²) in [5.41, 5.74) is 0.949. The van der Waals surface area contributed by atoms with Gasteiger partial charge >= 0.3 is 0 Å². The van der Waals surface area contributed by atoms with Crippen molar-refractivity contribution >= 4 is 27.7 Å². The quantitative estimate of drug-likeness (QED) is 0.726. The lowest BCUT2D eigenvalue weighted by Crippen LogP contribution is -2.31. The van der Waals surface area contributed by atoms with Gasteiger partial charge in [-0.25, -0.2) is 17.5 Å². The van der Waals surface area contributed by atoms with E-state index in [2.05, 4.69) is 10.0 Å². The highest BCUT2D eigenvalue weighted by Gasteiger charge is 2.31. The normalized spacial score (nSPS) is 18.8. The molecule has 2 N–H and O–H groups in total. The van der Waals surface area contributed by atoms with Crippen LogP contribution in [0.3, 0.4) is 0 Å². The molecule has 0 aromatic heterocycles. The third-order valence-corrected chi connectivity index (χ3v) is 7.65. The van der Waals surface area contributed by atoms with Gasteiger partial charge in [0.2, 0.25) is 10.0 Å². The number of amides is 1. The van der Waals surface area contributed by atoms with E-state index in [9.17, 15) is 17.6 Å². The van der Waals surface area contributed by atoms with E-state index in [1.54, 1.807) is 12.1 Å². The third-order valence-electron chi connectivity index (χ3n) is 4.95. The summed E-state index contributed by atoms with van der Waals surface area (Å²) in [6.07, 6.45) is 2.27. The first kappa shape index (κ1) is 20.2. The Hall–Kier alpha value is -2.10. The summed E-state index contributed by atoms with van der Waals surface area (Å²) in [6, 6.07) is 8.76. The van der Waals surface area contributed by atoms with Gasteiger partial charge in [-0.1, -0.05) is 12.1 Å². The van der Waals surface area contributed by atoms with Crippen molar-refractivity contribution < 1.29 is 22.3 Å². The number of nitrogens with one attached hydrogen (secondary N) is 2. The van der Waals surface area contributed by atoms with Crippen molar-refractivity contribution in [3.05, 3.63) is 53.3 Å². The Labute approximate surface area is 173 Å². The number of thioether (sulfide) groups is 1. The first-order valence-electron chi connectivity index (χ1n) is 9.31. The van der Waals surface area contributed by atoms with E-state index in [4.69, 9.17) is 4.74 Å². The lowest BCUT2D eigenvalue weighted by molar-refractivity contribution is 0.0934. The van der Waals surface area contributed by atoms with Gasteiger partial charge in [-0.15, -0.1) is 11.8 Å². The number of fused-ring (bicyclic) bond motifs is 1. The Morgan fingerprint density at radius 3 is 2.72 bits per heavy atom. The minimum absolute atomic E-state index is 0.0617. The van der Waals surface area contributed by atoms with Crippen LogP contribution in [0.2, 0.25) is 0 Å². The lowest BCUT2D eigenvalue weighted by Gasteiger charge is -2.26. The van der Waals surface area contributed by atoms with Crippen LogP contribution in [0.4, 0.5) is 4.39 Å². The fraction of sp³-hybridized carbons (Fsp3) is 0.350. The predicted octanol–water partition coefficient (Wildman–Crippen LogP) is 3.24. The second kappa shape index (κ2) is 7.97. The molecule has 0 bridgehead atoms. The van der Waals surface area contributed by atoms with Gasteiger partial charge in [0, 0.05) is 22.3 Å². The summed E-state index contributed by atoms with van der Waals surface area (Å²) in [5, 5.41) is 2.91. The highest BCUT2D eigenvalue weighted by Crippen LogP contribution is 2.38. The van der Waals surface area contributed by atoms with Crippen LogP contribution in [0, 0.1) is 5.82 Å². The molecule has 1 fully saturated rings. The topological polar surface area (TPSA) is 84.5 Å². The number of hydrogen-bond acceptors (Lipinski definition) is 5. The van der Waals surface area contributed by atoms with Crippen molar-refractivity contribution in [2.45, 2.75) is 41.1 Å². The molecule has 154 valence electrons. The van der Waals surface area contributed by atoms with E-state index in [1.807, 2.05) is 0 Å². The molecule has 1 atom stereocenters. The van der Waals surface area contributed by atoms with Crippen LogP contribution in [0.5, 0.6) is 5.75 Å². The highest BCUT2D eigenvalue weighted by molar-refractivity contribution is 7.99. The summed E-state index contributed by atoms with van der Waals surface area (Å²) >= 11 is 1.43. The minimum atomic E-state index is -3.79. The van der Waals surface area contributed by atoms with E-state index in [0.717, 1.165) is 18.4 Å². The zero-order valence-corrected chi connectivity index (χ0v) is 17.4.